The fourth-order valence-electron chi connectivity index (χ4n) is 2.38. The van der Waals surface area contributed by atoms with Gasteiger partial charge < -0.3 is 14.5 Å². The van der Waals surface area contributed by atoms with Gasteiger partial charge in [-0.1, -0.05) is 23.2 Å². The molecule has 1 heterocycles. The largest absolute Gasteiger partial charge is 0.481 e. The molecular weight excluding hydrogens is 519 g/mol. The lowest BCUT2D eigenvalue weighted by atomic mass is 10.3. The Morgan fingerprint density at radius 2 is 1.87 bits per heavy atom. The first kappa shape index (κ1) is 22.6. The summed E-state index contributed by atoms with van der Waals surface area (Å²) in [5, 5.41) is 3.31. The highest BCUT2D eigenvalue weighted by molar-refractivity contribution is 9.10. The Hall–Kier alpha value is -2.04. The number of ether oxygens (including phenoxy) is 1. The minimum Gasteiger partial charge on any atom is -0.481 e. The van der Waals surface area contributed by atoms with E-state index in [0.29, 0.717) is 26.7 Å². The van der Waals surface area contributed by atoms with Crippen LogP contribution in [0.3, 0.4) is 0 Å². The van der Waals surface area contributed by atoms with Crippen LogP contribution in [-0.2, 0) is 21.4 Å². The van der Waals surface area contributed by atoms with Crippen molar-refractivity contribution >= 4 is 60.7 Å². The summed E-state index contributed by atoms with van der Waals surface area (Å²) in [5.74, 6) is 0.342. The number of furan rings is 1. The first-order chi connectivity index (χ1) is 14.2. The topological polar surface area (TPSA) is 97.6 Å². The zero-order chi connectivity index (χ0) is 21.7. The van der Waals surface area contributed by atoms with Crippen molar-refractivity contribution in [1.29, 1.82) is 0 Å². The molecule has 7 nitrogen and oxygen atoms in total. The standard InChI is InChI=1S/C19H15BrCl2N2O5S/c20-16-8-12(21)9-17(22)19(16)29-11-18(25)24-13-3-5-15(6-4-13)30(26,27)23-10-14-2-1-7-28-14/h1-9,23H,10-11H2,(H,24,25). The molecule has 0 bridgehead atoms. The van der Waals surface area contributed by atoms with E-state index in [0.717, 1.165) is 0 Å². The molecule has 3 rings (SSSR count). The Bertz CT molecular complexity index is 1110. The molecule has 30 heavy (non-hydrogen) atoms. The van der Waals surface area contributed by atoms with E-state index in [1.165, 1.54) is 36.6 Å². The normalized spacial score (nSPS) is 11.3. The molecule has 11 heteroatoms. The van der Waals surface area contributed by atoms with Crippen LogP contribution >= 0.6 is 39.1 Å². The van der Waals surface area contributed by atoms with Crippen LogP contribution in [0.4, 0.5) is 5.69 Å². The molecule has 0 saturated heterocycles. The van der Waals surface area contributed by atoms with Crippen LogP contribution in [0.5, 0.6) is 5.75 Å². The lowest BCUT2D eigenvalue weighted by molar-refractivity contribution is -0.118. The Labute approximate surface area is 191 Å². The lowest BCUT2D eigenvalue weighted by Crippen LogP contribution is -2.23. The van der Waals surface area contributed by atoms with Crippen molar-refractivity contribution in [2.45, 2.75) is 11.4 Å². The number of sulfonamides is 1. The van der Waals surface area contributed by atoms with Crippen molar-refractivity contribution in [1.82, 2.24) is 4.72 Å². The molecule has 0 saturated carbocycles. The minimum absolute atomic E-state index is 0.0357. The average Bonchev–Trinajstić information content (AvgIpc) is 3.20. The summed E-state index contributed by atoms with van der Waals surface area (Å²) in [6, 6.07) is 12.2. The summed E-state index contributed by atoms with van der Waals surface area (Å²) in [5.41, 5.74) is 0.412. The van der Waals surface area contributed by atoms with E-state index in [2.05, 4.69) is 26.0 Å². The van der Waals surface area contributed by atoms with E-state index in [-0.39, 0.29) is 23.1 Å². The molecule has 0 aliphatic carbocycles. The van der Waals surface area contributed by atoms with Crippen molar-refractivity contribution in [2.75, 3.05) is 11.9 Å². The second-order valence-corrected chi connectivity index (χ2v) is 9.43. The van der Waals surface area contributed by atoms with Gasteiger partial charge in [0.2, 0.25) is 10.0 Å². The zero-order valence-electron chi connectivity index (χ0n) is 15.2. The monoisotopic (exact) mass is 532 g/mol. The van der Waals surface area contributed by atoms with Crippen LogP contribution < -0.4 is 14.8 Å². The third-order valence-corrected chi connectivity index (χ3v) is 6.28. The zero-order valence-corrected chi connectivity index (χ0v) is 19.1. The van der Waals surface area contributed by atoms with Crippen LogP contribution in [0.15, 0.2) is 68.6 Å². The number of benzene rings is 2. The van der Waals surface area contributed by atoms with Gasteiger partial charge in [0, 0.05) is 10.7 Å². The molecule has 0 fully saturated rings. The number of halogens is 3. The number of hydrogen-bond acceptors (Lipinski definition) is 5. The number of hydrogen-bond donors (Lipinski definition) is 2. The second-order valence-electron chi connectivity index (χ2n) is 5.96. The second kappa shape index (κ2) is 9.84. The van der Waals surface area contributed by atoms with Crippen LogP contribution in [0.1, 0.15) is 5.76 Å². The predicted molar refractivity (Wildman–Crippen MR) is 117 cm³/mol. The van der Waals surface area contributed by atoms with Crippen LogP contribution in [-0.4, -0.2) is 20.9 Å². The maximum atomic E-state index is 12.3. The molecule has 3 aromatic rings. The Morgan fingerprint density at radius 1 is 1.13 bits per heavy atom. The van der Waals surface area contributed by atoms with E-state index >= 15 is 0 Å². The van der Waals surface area contributed by atoms with Crippen molar-refractivity contribution < 1.29 is 22.4 Å². The van der Waals surface area contributed by atoms with E-state index < -0.39 is 15.9 Å². The van der Waals surface area contributed by atoms with Gasteiger partial charge in [-0.25, -0.2) is 13.1 Å². The fraction of sp³-hybridized carbons (Fsp3) is 0.105. The van der Waals surface area contributed by atoms with Crippen molar-refractivity contribution in [3.05, 3.63) is 75.1 Å². The Balaban J connectivity index is 1.56. The maximum Gasteiger partial charge on any atom is 0.262 e. The van der Waals surface area contributed by atoms with E-state index in [9.17, 15) is 13.2 Å². The Morgan fingerprint density at radius 3 is 2.50 bits per heavy atom. The van der Waals surface area contributed by atoms with Gasteiger partial charge in [-0.2, -0.15) is 0 Å². The van der Waals surface area contributed by atoms with Crippen molar-refractivity contribution in [2.24, 2.45) is 0 Å². The molecule has 0 aliphatic heterocycles. The van der Waals surface area contributed by atoms with Gasteiger partial charge >= 0.3 is 0 Å². The summed E-state index contributed by atoms with van der Waals surface area (Å²) in [7, 11) is -3.72. The summed E-state index contributed by atoms with van der Waals surface area (Å²) < 4.78 is 38.1. The molecule has 2 N–H and O–H groups in total. The SMILES string of the molecule is O=C(COc1c(Cl)cc(Cl)cc1Br)Nc1ccc(S(=O)(=O)NCc2ccco2)cc1. The molecule has 2 aromatic carbocycles. The van der Waals surface area contributed by atoms with Crippen molar-refractivity contribution in [3.8, 4) is 5.75 Å². The van der Waals surface area contributed by atoms with Gasteiger partial charge in [-0.3, -0.25) is 4.79 Å². The molecule has 0 aliphatic rings. The first-order valence-corrected chi connectivity index (χ1v) is 11.5. The number of nitrogens with one attached hydrogen (secondary N) is 2. The van der Waals surface area contributed by atoms with Crippen LogP contribution in [0.2, 0.25) is 10.0 Å². The minimum atomic E-state index is -3.72. The van der Waals surface area contributed by atoms with Gasteiger partial charge in [0.25, 0.3) is 5.91 Å². The summed E-state index contributed by atoms with van der Waals surface area (Å²) in [6.07, 6.45) is 1.46. The molecule has 158 valence electrons. The Kier molecular flexibility index (Phi) is 7.43. The smallest absolute Gasteiger partial charge is 0.262 e. The molecular formula is C19H15BrCl2N2O5S. The van der Waals surface area contributed by atoms with Crippen molar-refractivity contribution in [3.63, 3.8) is 0 Å². The van der Waals surface area contributed by atoms with E-state index in [1.54, 1.807) is 18.2 Å². The number of carbonyl (C=O) groups excluding carboxylic acids is 1. The van der Waals surface area contributed by atoms with E-state index in [4.69, 9.17) is 32.4 Å². The van der Waals surface area contributed by atoms with E-state index in [1.807, 2.05) is 0 Å². The number of anilines is 1. The molecule has 0 spiro atoms. The quantitative estimate of drug-likeness (QED) is 0.431. The molecule has 1 aromatic heterocycles. The molecule has 0 atom stereocenters. The fourth-order valence-corrected chi connectivity index (χ4v) is 4.74. The van der Waals surface area contributed by atoms with Gasteiger partial charge in [-0.05, 0) is 64.5 Å². The summed E-state index contributed by atoms with van der Waals surface area (Å²) in [6.45, 7) is -0.265. The number of carbonyl (C=O) groups is 1. The van der Waals surface area contributed by atoms with Crippen LogP contribution in [0.25, 0.3) is 0 Å². The highest BCUT2D eigenvalue weighted by atomic mass is 79.9. The van der Waals surface area contributed by atoms with Crippen LogP contribution in [0, 0.1) is 0 Å². The first-order valence-electron chi connectivity index (χ1n) is 8.44. The molecule has 1 amide bonds. The number of rotatable bonds is 8. The third-order valence-electron chi connectivity index (χ3n) is 3.78. The molecule has 0 radical (unpaired) electrons. The summed E-state index contributed by atoms with van der Waals surface area (Å²) >= 11 is 15.2. The maximum absolute atomic E-state index is 12.3. The lowest BCUT2D eigenvalue weighted by Gasteiger charge is -2.11. The van der Waals surface area contributed by atoms with Gasteiger partial charge in [-0.15, -0.1) is 0 Å². The van der Waals surface area contributed by atoms with Gasteiger partial charge in [0.1, 0.15) is 5.76 Å². The molecule has 0 unspecified atom stereocenters. The average molecular weight is 534 g/mol. The highest BCUT2D eigenvalue weighted by Crippen LogP contribution is 2.36. The van der Waals surface area contributed by atoms with Gasteiger partial charge in [0.15, 0.2) is 12.4 Å². The predicted octanol–water partition coefficient (Wildman–Crippen LogP) is 4.84. The summed E-state index contributed by atoms with van der Waals surface area (Å²) in [4.78, 5) is 12.2. The van der Waals surface area contributed by atoms with Gasteiger partial charge in [0.05, 0.1) is 27.2 Å². The number of amides is 1. The highest BCUT2D eigenvalue weighted by Gasteiger charge is 2.15. The third kappa shape index (κ3) is 5.99.